The van der Waals surface area contributed by atoms with Gasteiger partial charge in [0.15, 0.2) is 11.5 Å². The van der Waals surface area contributed by atoms with E-state index in [1.807, 2.05) is 41.3 Å². The first-order valence-corrected chi connectivity index (χ1v) is 15.5. The Labute approximate surface area is 270 Å². The van der Waals surface area contributed by atoms with Gasteiger partial charge in [-0.05, 0) is 90.2 Å². The number of fused-ring (bicyclic) bond motifs is 7. The number of imidazole rings is 1. The van der Waals surface area contributed by atoms with Gasteiger partial charge in [0.2, 0.25) is 5.91 Å². The number of aromatic hydroxyl groups is 1. The molecule has 8 bridgehead atoms. The molecule has 2 amide bonds. The number of nitrogens with one attached hydrogen (secondary N) is 2. The monoisotopic (exact) mass is 636 g/mol. The smallest absolute Gasteiger partial charge is 0.255 e. The lowest BCUT2D eigenvalue weighted by Crippen LogP contribution is -2.40. The maximum absolute atomic E-state index is 14.0. The highest BCUT2D eigenvalue weighted by Crippen LogP contribution is 2.43. The molecule has 1 unspecified atom stereocenters. The van der Waals surface area contributed by atoms with E-state index in [9.17, 15) is 19.1 Å². The number of nitrogens with zero attached hydrogens (tertiary/aromatic N) is 2. The van der Waals surface area contributed by atoms with Crippen LogP contribution in [0.1, 0.15) is 51.8 Å². The van der Waals surface area contributed by atoms with E-state index in [2.05, 4.69) is 15.3 Å². The average Bonchev–Trinajstić information content (AvgIpc) is 3.48. The van der Waals surface area contributed by atoms with Crippen molar-refractivity contribution in [3.05, 3.63) is 107 Å². The van der Waals surface area contributed by atoms with Gasteiger partial charge in [-0.3, -0.25) is 9.59 Å². The molecule has 0 fully saturated rings. The van der Waals surface area contributed by atoms with Gasteiger partial charge in [-0.15, -0.1) is 0 Å². The number of benzene rings is 4. The Bertz CT molecular complexity index is 1990. The summed E-state index contributed by atoms with van der Waals surface area (Å²) in [4.78, 5) is 36.4. The van der Waals surface area contributed by atoms with Gasteiger partial charge in [-0.2, -0.15) is 0 Å². The van der Waals surface area contributed by atoms with E-state index in [1.54, 1.807) is 19.2 Å². The van der Waals surface area contributed by atoms with Crippen molar-refractivity contribution in [2.24, 2.45) is 0 Å². The molecule has 4 aromatic carbocycles. The number of H-pyrrole nitrogens is 1. The molecule has 0 radical (unpaired) electrons. The number of phenolic OH excluding ortho intramolecular Hbond substituents is 1. The van der Waals surface area contributed by atoms with Crippen molar-refractivity contribution in [2.75, 3.05) is 26.8 Å². The minimum absolute atomic E-state index is 0.0487. The average molecular weight is 637 g/mol. The number of carbonyl (C=O) groups is 2. The number of amides is 2. The predicted molar refractivity (Wildman–Crippen MR) is 172 cm³/mol. The number of hydrogen-bond donors (Lipinski definition) is 3. The van der Waals surface area contributed by atoms with Crippen LogP contribution in [0.5, 0.6) is 28.7 Å². The number of aromatic amines is 1. The first-order valence-electron chi connectivity index (χ1n) is 15.5. The van der Waals surface area contributed by atoms with Crippen molar-refractivity contribution in [3.63, 3.8) is 0 Å². The third-order valence-corrected chi connectivity index (χ3v) is 8.53. The summed E-state index contributed by atoms with van der Waals surface area (Å²) in [6, 6.07) is 19.9. The normalized spacial score (nSPS) is 16.1. The number of hydrogen-bond acceptors (Lipinski definition) is 7. The lowest BCUT2D eigenvalue weighted by atomic mass is 9.87. The summed E-state index contributed by atoms with van der Waals surface area (Å²) >= 11 is 0. The SMILES string of the molecule is COc1cc2c3cc1Oc1ccc(O)c(c1)C(=O)NCCCOc1cccc(c1)C2N(C(=O)CCc1nc2ccc(F)cc2[nH]1)CC3. The molecular weight excluding hydrogens is 603 g/mol. The predicted octanol–water partition coefficient (Wildman–Crippen LogP) is 5.83. The Morgan fingerprint density at radius 2 is 2.00 bits per heavy atom. The molecule has 3 aliphatic heterocycles. The van der Waals surface area contributed by atoms with Gasteiger partial charge in [0.05, 0.1) is 36.4 Å². The Morgan fingerprint density at radius 3 is 2.87 bits per heavy atom. The third-order valence-electron chi connectivity index (χ3n) is 8.53. The number of halogens is 1. The van der Waals surface area contributed by atoms with E-state index >= 15 is 0 Å². The number of aromatic nitrogens is 2. The highest BCUT2D eigenvalue weighted by Gasteiger charge is 2.34. The minimum Gasteiger partial charge on any atom is -0.507 e. The van der Waals surface area contributed by atoms with Crippen LogP contribution in [0, 0.1) is 5.82 Å². The second kappa shape index (κ2) is 12.7. The third kappa shape index (κ3) is 6.16. The van der Waals surface area contributed by atoms with Crippen LogP contribution in [0.2, 0.25) is 0 Å². The van der Waals surface area contributed by atoms with Gasteiger partial charge >= 0.3 is 0 Å². The summed E-state index contributed by atoms with van der Waals surface area (Å²) in [7, 11) is 1.55. The summed E-state index contributed by atoms with van der Waals surface area (Å²) in [5.41, 5.74) is 4.10. The largest absolute Gasteiger partial charge is 0.507 e. The fourth-order valence-electron chi connectivity index (χ4n) is 6.24. The molecule has 0 aliphatic carbocycles. The fourth-order valence-corrected chi connectivity index (χ4v) is 6.24. The van der Waals surface area contributed by atoms with Crippen molar-refractivity contribution in [1.29, 1.82) is 0 Å². The number of rotatable bonds is 4. The minimum atomic E-state index is -0.430. The van der Waals surface area contributed by atoms with E-state index in [-0.39, 0.29) is 29.5 Å². The first-order chi connectivity index (χ1) is 22.9. The van der Waals surface area contributed by atoms with Crippen LogP contribution in [-0.4, -0.2) is 58.6 Å². The van der Waals surface area contributed by atoms with Crippen LogP contribution in [0.15, 0.2) is 72.8 Å². The Morgan fingerprint density at radius 1 is 1.11 bits per heavy atom. The van der Waals surface area contributed by atoms with Gasteiger partial charge < -0.3 is 34.5 Å². The second-order valence-electron chi connectivity index (χ2n) is 11.6. The zero-order chi connectivity index (χ0) is 32.5. The van der Waals surface area contributed by atoms with Gasteiger partial charge in [-0.1, -0.05) is 12.1 Å². The Hall–Kier alpha value is -5.58. The van der Waals surface area contributed by atoms with Crippen LogP contribution >= 0.6 is 0 Å². The second-order valence-corrected chi connectivity index (χ2v) is 11.6. The summed E-state index contributed by atoms with van der Waals surface area (Å²) in [5.74, 6) is 1.54. The maximum atomic E-state index is 14.0. The maximum Gasteiger partial charge on any atom is 0.255 e. The molecule has 8 rings (SSSR count). The van der Waals surface area contributed by atoms with Crippen molar-refractivity contribution >= 4 is 22.8 Å². The van der Waals surface area contributed by atoms with Crippen molar-refractivity contribution in [2.45, 2.75) is 31.7 Å². The fraction of sp³-hybridized carbons (Fsp3) is 0.250. The zero-order valence-corrected chi connectivity index (χ0v) is 25.7. The van der Waals surface area contributed by atoms with E-state index in [4.69, 9.17) is 14.2 Å². The van der Waals surface area contributed by atoms with E-state index in [0.29, 0.717) is 78.8 Å². The van der Waals surface area contributed by atoms with Crippen molar-refractivity contribution in [3.8, 4) is 28.7 Å². The first kappa shape index (κ1) is 30.1. The summed E-state index contributed by atoms with van der Waals surface area (Å²) < 4.78 is 31.8. The molecular formula is C36H33FN4O6. The lowest BCUT2D eigenvalue weighted by Gasteiger charge is -2.38. The van der Waals surface area contributed by atoms with Crippen LogP contribution in [0.4, 0.5) is 4.39 Å². The number of carbonyl (C=O) groups excluding carboxylic acids is 2. The molecule has 1 atom stereocenters. The molecule has 1 aromatic heterocycles. The quantitative estimate of drug-likeness (QED) is 0.227. The van der Waals surface area contributed by atoms with Gasteiger partial charge in [0.1, 0.15) is 28.9 Å². The number of methoxy groups -OCH3 is 1. The highest BCUT2D eigenvalue weighted by atomic mass is 19.1. The Balaban J connectivity index is 1.25. The molecule has 3 aliphatic rings. The molecule has 3 N–H and O–H groups in total. The molecule has 11 heteroatoms. The number of phenols is 1. The van der Waals surface area contributed by atoms with Crippen molar-refractivity contribution < 1.29 is 33.3 Å². The van der Waals surface area contributed by atoms with Gasteiger partial charge in [-0.25, -0.2) is 9.37 Å². The number of aryl methyl sites for hydroxylation is 1. The van der Waals surface area contributed by atoms with Crippen LogP contribution in [0.3, 0.4) is 0 Å². The van der Waals surface area contributed by atoms with Crippen LogP contribution < -0.4 is 19.5 Å². The zero-order valence-electron chi connectivity index (χ0n) is 25.7. The van der Waals surface area contributed by atoms with Gasteiger partial charge in [0.25, 0.3) is 5.91 Å². The molecule has 0 saturated carbocycles. The van der Waals surface area contributed by atoms with Crippen LogP contribution in [-0.2, 0) is 17.6 Å². The standard InChI is InChI=1S/C36H33FN4O6/c1-45-31-20-26-21-12-14-41(34(43)11-10-33-39-28-8-6-23(37)18-29(28)40-33)35(26)22-4-2-5-24(16-22)46-15-3-13-38-36(44)27-19-25(7-9-30(27)42)47-32(31)17-21/h2,4-9,16-20,35,42H,3,10-15H2,1H3,(H,38,44)(H,39,40). The summed E-state index contributed by atoms with van der Waals surface area (Å²) in [6.07, 6.45) is 1.69. The van der Waals surface area contributed by atoms with Crippen LogP contribution in [0.25, 0.3) is 11.0 Å². The highest BCUT2D eigenvalue weighted by molar-refractivity contribution is 5.97. The Kier molecular flexibility index (Phi) is 8.11. The van der Waals surface area contributed by atoms with Crippen molar-refractivity contribution in [1.82, 2.24) is 20.2 Å². The van der Waals surface area contributed by atoms with E-state index in [1.165, 1.54) is 24.3 Å². The summed E-state index contributed by atoms with van der Waals surface area (Å²) in [6.45, 7) is 1.15. The molecule has 47 heavy (non-hydrogen) atoms. The topological polar surface area (TPSA) is 126 Å². The molecule has 4 heterocycles. The van der Waals surface area contributed by atoms with E-state index in [0.717, 1.165) is 16.7 Å². The van der Waals surface area contributed by atoms with Gasteiger partial charge in [0, 0.05) is 25.9 Å². The summed E-state index contributed by atoms with van der Waals surface area (Å²) in [5, 5.41) is 13.2. The van der Waals surface area contributed by atoms with E-state index < -0.39 is 11.9 Å². The molecule has 0 saturated heterocycles. The molecule has 240 valence electrons. The molecule has 0 spiro atoms. The lowest BCUT2D eigenvalue weighted by molar-refractivity contribution is -0.133. The molecule has 10 nitrogen and oxygen atoms in total. The molecule has 5 aromatic rings. The number of ether oxygens (including phenoxy) is 3.